The van der Waals surface area contributed by atoms with Gasteiger partial charge < -0.3 is 56.2 Å². The maximum absolute atomic E-state index is 12.6. The van der Waals surface area contributed by atoms with E-state index in [-0.39, 0.29) is 43.0 Å². The van der Waals surface area contributed by atoms with Crippen LogP contribution in [0.15, 0.2) is 21.9 Å². The van der Waals surface area contributed by atoms with Crippen molar-refractivity contribution in [1.82, 2.24) is 36.1 Å². The largest absolute Gasteiger partial charge is 0.490 e. The molecular formula is C30H48N7O19P3S. The van der Waals surface area contributed by atoms with Gasteiger partial charge in [-0.15, -0.1) is 0 Å². The van der Waals surface area contributed by atoms with E-state index in [9.17, 15) is 62.5 Å². The number of H-pyrrole nitrogens is 1. The molecular weight excluding hydrogens is 887 g/mol. The van der Waals surface area contributed by atoms with E-state index in [1.807, 2.05) is 16.7 Å². The number of nitrogens with zero attached hydrogens (tertiary/aromatic N) is 1. The van der Waals surface area contributed by atoms with Crippen LogP contribution in [0.1, 0.15) is 63.0 Å². The predicted octanol–water partition coefficient (Wildman–Crippen LogP) is -1.24. The molecule has 1 aromatic heterocycles. The normalized spacial score (nSPS) is 26.6. The Morgan fingerprint density at radius 1 is 0.917 bits per heavy atom. The minimum absolute atomic E-state index is 0.0391. The Bertz CT molecular complexity index is 2000. The third-order valence-corrected chi connectivity index (χ3v) is 14.9. The Labute approximate surface area is 345 Å². The Morgan fingerprint density at radius 3 is 2.32 bits per heavy atom. The fraction of sp³-hybridized carbons (Fsp3) is 0.667. The van der Waals surface area contributed by atoms with Gasteiger partial charge in [-0.05, 0) is 25.7 Å². The van der Waals surface area contributed by atoms with Gasteiger partial charge in [0.2, 0.25) is 17.7 Å². The number of aliphatic hydroxyl groups is 2. The van der Waals surface area contributed by atoms with Crippen molar-refractivity contribution in [3.63, 3.8) is 0 Å². The van der Waals surface area contributed by atoms with Crippen molar-refractivity contribution >= 4 is 65.2 Å². The summed E-state index contributed by atoms with van der Waals surface area (Å²) in [5, 5.41) is 34.9. The minimum atomic E-state index is -5.74. The molecule has 0 saturated carbocycles. The highest BCUT2D eigenvalue weighted by atomic mass is 32.2. The van der Waals surface area contributed by atoms with Gasteiger partial charge in [-0.25, -0.2) is 23.3 Å². The number of phosphoric acid groups is 3. The van der Waals surface area contributed by atoms with Crippen LogP contribution in [0.3, 0.4) is 0 Å². The number of fused-ring (bicyclic) bond motifs is 1. The van der Waals surface area contributed by atoms with Gasteiger partial charge in [0.1, 0.15) is 24.4 Å². The molecule has 0 spiro atoms. The van der Waals surface area contributed by atoms with Crippen LogP contribution in [0.5, 0.6) is 0 Å². The Morgan fingerprint density at radius 2 is 1.60 bits per heavy atom. The monoisotopic (exact) mass is 935 g/mol. The van der Waals surface area contributed by atoms with Gasteiger partial charge in [-0.2, -0.15) is 20.4 Å². The molecule has 10 atom stereocenters. The van der Waals surface area contributed by atoms with Crippen molar-refractivity contribution in [2.24, 2.45) is 0 Å². The molecule has 4 heterocycles. The quantitative estimate of drug-likeness (QED) is 0.0190. The highest BCUT2D eigenvalue weighted by Crippen LogP contribution is 2.67. The number of urea groups is 1. The van der Waals surface area contributed by atoms with E-state index in [2.05, 4.69) is 44.3 Å². The van der Waals surface area contributed by atoms with E-state index in [0.29, 0.717) is 44.6 Å². The van der Waals surface area contributed by atoms with E-state index < -0.39 is 77.2 Å². The Balaban J connectivity index is 1.11. The first-order valence-corrected chi connectivity index (χ1v) is 23.9. The van der Waals surface area contributed by atoms with Gasteiger partial charge in [0, 0.05) is 56.0 Å². The number of hydrogen-bond donors (Lipinski definition) is 11. The summed E-state index contributed by atoms with van der Waals surface area (Å²) in [4.78, 5) is 103. The summed E-state index contributed by atoms with van der Waals surface area (Å²) < 4.78 is 57.4. The van der Waals surface area contributed by atoms with Gasteiger partial charge in [0.25, 0.3) is 5.56 Å². The fourth-order valence-corrected chi connectivity index (χ4v) is 11.0. The van der Waals surface area contributed by atoms with Gasteiger partial charge in [-0.3, -0.25) is 37.8 Å². The Hall–Kier alpha value is -3.26. The molecule has 0 radical (unpaired) electrons. The highest BCUT2D eigenvalue weighted by molar-refractivity contribution is 8.00. The number of aliphatic hydroxyl groups excluding tert-OH is 2. The highest BCUT2D eigenvalue weighted by Gasteiger charge is 2.47. The molecule has 4 rings (SSSR count). The number of aromatic amines is 1. The summed E-state index contributed by atoms with van der Waals surface area (Å²) in [5.74, 6) is -0.257. The van der Waals surface area contributed by atoms with Crippen LogP contribution >= 0.6 is 35.2 Å². The molecule has 30 heteroatoms. The van der Waals surface area contributed by atoms with Gasteiger partial charge in [-0.1, -0.05) is 12.8 Å². The number of unbranched alkanes of at least 4 members (excludes halogenated alkanes) is 3. The topological polar surface area (TPSA) is 382 Å². The molecule has 3 fully saturated rings. The SMILES string of the molecule is COP(=O)(O)OP(=O)(O)OP(=O)(O)OCC1OC(c2cn(/C=C/C(=O)NCNC(=O)CCCCCNC(=O)CCCCC3SCC4NC(=O)NC43)c(=O)[nH]c2=O)C(O)C1O. The standard InChI is InChI=1S/C30H48N7O19P3S/c1-52-57(46,47)55-59(50,51)56-58(48,49)53-14-19-25(41)26(42)27(54-19)17-13-37(30(45)36-28(17)43)12-10-23(40)33-16-32-22(39)8-3-2-6-11-31-21(38)9-5-4-7-20-24-18(15-60-20)34-29(44)35-24/h10,12-13,18-20,24-27,41-42H,2-9,11,14-16H2,1H3,(H,31,38)(H,32,39)(H,33,40)(H,46,47)(H,48,49)(H,50,51)(H2,34,35,44)(H,36,43,45)/b12-10+. The van der Waals surface area contributed by atoms with Gasteiger partial charge >= 0.3 is 35.2 Å². The molecule has 5 amide bonds. The number of nitrogens with one attached hydrogen (secondary N) is 6. The summed E-state index contributed by atoms with van der Waals surface area (Å²) in [6.07, 6.45) is 0.497. The Kier molecular flexibility index (Phi) is 18.3. The number of aromatic nitrogens is 2. The molecule has 0 aromatic carbocycles. The lowest BCUT2D eigenvalue weighted by atomic mass is 10.0. The molecule has 0 aliphatic carbocycles. The average molecular weight is 936 g/mol. The van der Waals surface area contributed by atoms with E-state index >= 15 is 0 Å². The second-order valence-corrected chi connectivity index (χ2v) is 19.5. The van der Waals surface area contributed by atoms with Gasteiger partial charge in [0.15, 0.2) is 0 Å². The number of carbonyl (C=O) groups is 4. The second kappa shape index (κ2) is 22.2. The summed E-state index contributed by atoms with van der Waals surface area (Å²) in [5.41, 5.74) is -2.57. The molecule has 3 saturated heterocycles. The molecule has 338 valence electrons. The second-order valence-electron chi connectivity index (χ2n) is 13.5. The number of carbonyl (C=O) groups excluding carboxylic acids is 4. The number of amides is 5. The fourth-order valence-electron chi connectivity index (χ4n) is 6.16. The first-order valence-electron chi connectivity index (χ1n) is 18.4. The van der Waals surface area contributed by atoms with Gasteiger partial charge in [0.05, 0.1) is 30.9 Å². The lowest BCUT2D eigenvalue weighted by Crippen LogP contribution is -2.37. The number of hydrogen-bond acceptors (Lipinski definition) is 17. The van der Waals surface area contributed by atoms with Crippen LogP contribution in [-0.4, -0.2) is 127 Å². The first kappa shape index (κ1) is 49.4. The van der Waals surface area contributed by atoms with Crippen LogP contribution in [0, 0.1) is 0 Å². The van der Waals surface area contributed by atoms with Crippen LogP contribution in [0.2, 0.25) is 0 Å². The first-order chi connectivity index (χ1) is 28.2. The van der Waals surface area contributed by atoms with E-state index in [4.69, 9.17) is 9.63 Å². The van der Waals surface area contributed by atoms with E-state index in [1.54, 1.807) is 0 Å². The maximum Gasteiger partial charge on any atom is 0.490 e. The van der Waals surface area contributed by atoms with Crippen LogP contribution in [-0.2, 0) is 50.5 Å². The molecule has 26 nitrogen and oxygen atoms in total. The molecule has 11 N–H and O–H groups in total. The minimum Gasteiger partial charge on any atom is -0.387 e. The summed E-state index contributed by atoms with van der Waals surface area (Å²) in [6.45, 7) is -0.907. The van der Waals surface area contributed by atoms with E-state index in [0.717, 1.165) is 48.1 Å². The molecule has 60 heavy (non-hydrogen) atoms. The lowest BCUT2D eigenvalue weighted by molar-refractivity contribution is -0.122. The number of phosphoric ester groups is 2. The van der Waals surface area contributed by atoms with Crippen LogP contribution in [0.4, 0.5) is 4.79 Å². The summed E-state index contributed by atoms with van der Waals surface area (Å²) in [7, 11) is -15.9. The average Bonchev–Trinajstić information content (AvgIpc) is 3.80. The maximum atomic E-state index is 12.6. The summed E-state index contributed by atoms with van der Waals surface area (Å²) >= 11 is 1.84. The smallest absolute Gasteiger partial charge is 0.387 e. The van der Waals surface area contributed by atoms with Crippen molar-refractivity contribution in [3.05, 3.63) is 38.7 Å². The third kappa shape index (κ3) is 15.3. The zero-order chi connectivity index (χ0) is 44.3. The van der Waals surface area contributed by atoms with Crippen molar-refractivity contribution in [1.29, 1.82) is 0 Å². The van der Waals surface area contributed by atoms with Crippen molar-refractivity contribution in [2.45, 2.75) is 93.1 Å². The lowest BCUT2D eigenvalue weighted by Gasteiger charge is -2.19. The molecule has 3 aliphatic rings. The number of ether oxygens (including phenoxy) is 1. The molecule has 10 unspecified atom stereocenters. The van der Waals surface area contributed by atoms with Crippen molar-refractivity contribution in [3.8, 4) is 0 Å². The molecule has 3 aliphatic heterocycles. The number of rotatable bonds is 24. The zero-order valence-electron chi connectivity index (χ0n) is 31.9. The zero-order valence-corrected chi connectivity index (χ0v) is 35.4. The molecule has 0 bridgehead atoms. The predicted molar refractivity (Wildman–Crippen MR) is 207 cm³/mol. The van der Waals surface area contributed by atoms with E-state index in [1.165, 1.54) is 0 Å². The van der Waals surface area contributed by atoms with Crippen LogP contribution < -0.4 is 37.8 Å². The van der Waals surface area contributed by atoms with Crippen molar-refractivity contribution < 1.29 is 80.2 Å². The van der Waals surface area contributed by atoms with Crippen molar-refractivity contribution in [2.75, 3.05) is 32.7 Å². The summed E-state index contributed by atoms with van der Waals surface area (Å²) in [6, 6.07) is 0.202. The molecule has 1 aromatic rings. The van der Waals surface area contributed by atoms with Crippen LogP contribution in [0.25, 0.3) is 6.20 Å². The number of thioether (sulfide) groups is 1. The third-order valence-electron chi connectivity index (χ3n) is 9.13.